The summed E-state index contributed by atoms with van der Waals surface area (Å²) in [4.78, 5) is 7.81. The molecule has 2 rings (SSSR count). The van der Waals surface area contributed by atoms with Gasteiger partial charge in [0.1, 0.15) is 11.5 Å². The normalized spacial score (nSPS) is 10.0. The first-order valence-corrected chi connectivity index (χ1v) is 5.56. The zero-order valence-electron chi connectivity index (χ0n) is 10.1. The van der Waals surface area contributed by atoms with Gasteiger partial charge in [-0.2, -0.15) is 0 Å². The number of pyridine rings is 2. The number of aliphatic hydroxyl groups excluding tert-OH is 2. The molecule has 2 aromatic rings. The molecule has 0 aliphatic rings. The number of rotatable bonds is 6. The maximum atomic E-state index is 8.95. The molecule has 97 valence electrons. The van der Waals surface area contributed by atoms with Crippen LogP contribution in [-0.4, -0.2) is 27.9 Å². The molecule has 0 fully saturated rings. The van der Waals surface area contributed by atoms with Gasteiger partial charge >= 0.3 is 7.69 Å². The Hall–Kier alpha value is -2.12. The second-order valence-corrected chi connectivity index (χ2v) is 3.71. The van der Waals surface area contributed by atoms with Crippen LogP contribution in [0.2, 0.25) is 0 Å². The molecule has 0 saturated carbocycles. The highest BCUT2D eigenvalue weighted by atomic mass is 16.6. The summed E-state index contributed by atoms with van der Waals surface area (Å²) in [5.41, 5.74) is 1.30. The van der Waals surface area contributed by atoms with Crippen LogP contribution in [0.1, 0.15) is 11.1 Å². The van der Waals surface area contributed by atoms with Crippen molar-refractivity contribution in [3.63, 3.8) is 0 Å². The van der Waals surface area contributed by atoms with Gasteiger partial charge in [-0.05, 0) is 23.3 Å². The van der Waals surface area contributed by atoms with Crippen LogP contribution in [0.5, 0.6) is 11.5 Å². The Balaban J connectivity index is 1.88. The summed E-state index contributed by atoms with van der Waals surface area (Å²) >= 11 is 0. The smallest absolute Gasteiger partial charge is 0.525 e. The lowest BCUT2D eigenvalue weighted by Gasteiger charge is -2.07. The molecule has 7 heteroatoms. The molecule has 0 spiro atoms. The molecule has 0 saturated heterocycles. The molecule has 0 bridgehead atoms. The minimum absolute atomic E-state index is 0.104. The Morgan fingerprint density at radius 1 is 0.842 bits per heavy atom. The molecule has 0 unspecified atom stereocenters. The maximum Gasteiger partial charge on any atom is 0.658 e. The number of nitrogens with zero attached hydrogens (tertiary/aromatic N) is 2. The summed E-state index contributed by atoms with van der Waals surface area (Å²) in [5, 5.41) is 17.9. The molecule has 2 heterocycles. The Kier molecular flexibility index (Phi) is 4.71. The van der Waals surface area contributed by atoms with E-state index in [1.165, 1.54) is 12.4 Å². The van der Waals surface area contributed by atoms with E-state index in [4.69, 9.17) is 19.5 Å². The predicted molar refractivity (Wildman–Crippen MR) is 67.3 cm³/mol. The molecule has 2 aromatic heterocycles. The van der Waals surface area contributed by atoms with Gasteiger partial charge in [-0.25, -0.2) is 0 Å². The van der Waals surface area contributed by atoms with Gasteiger partial charge in [0.15, 0.2) is 0 Å². The fourth-order valence-corrected chi connectivity index (χ4v) is 1.36. The predicted octanol–water partition coefficient (Wildman–Crippen LogP) is 0.453. The first-order valence-electron chi connectivity index (χ1n) is 5.56. The summed E-state index contributed by atoms with van der Waals surface area (Å²) in [7, 11) is 1.14. The van der Waals surface area contributed by atoms with E-state index in [1.54, 1.807) is 24.5 Å². The van der Waals surface area contributed by atoms with E-state index in [1.807, 2.05) is 0 Å². The van der Waals surface area contributed by atoms with Crippen molar-refractivity contribution in [3.8, 4) is 11.5 Å². The molecule has 19 heavy (non-hydrogen) atoms. The van der Waals surface area contributed by atoms with Gasteiger partial charge in [0, 0.05) is 12.4 Å². The van der Waals surface area contributed by atoms with Crippen LogP contribution >= 0.6 is 0 Å². The molecular formula is C12H12BN2O4. The van der Waals surface area contributed by atoms with Crippen LogP contribution in [0.15, 0.2) is 36.9 Å². The summed E-state index contributed by atoms with van der Waals surface area (Å²) in [5.74, 6) is 0.913. The van der Waals surface area contributed by atoms with Crippen LogP contribution in [0, 0.1) is 0 Å². The number of aromatic nitrogens is 2. The van der Waals surface area contributed by atoms with Crippen LogP contribution in [0.25, 0.3) is 0 Å². The van der Waals surface area contributed by atoms with E-state index in [9.17, 15) is 0 Å². The van der Waals surface area contributed by atoms with Gasteiger partial charge in [0.25, 0.3) is 0 Å². The fraction of sp³-hybridized carbons (Fsp3) is 0.167. The lowest BCUT2D eigenvalue weighted by molar-refractivity contribution is 0.281. The van der Waals surface area contributed by atoms with Gasteiger partial charge in [-0.3, -0.25) is 9.97 Å². The SMILES string of the molecule is OCc1cncc(O[B]Oc2cncc(CO)c2)c1. The van der Waals surface area contributed by atoms with Crippen molar-refractivity contribution in [1.29, 1.82) is 0 Å². The van der Waals surface area contributed by atoms with E-state index in [0.29, 0.717) is 22.6 Å². The zero-order chi connectivity index (χ0) is 13.5. The maximum absolute atomic E-state index is 8.95. The van der Waals surface area contributed by atoms with Crippen molar-refractivity contribution in [2.24, 2.45) is 0 Å². The topological polar surface area (TPSA) is 84.7 Å². The molecular weight excluding hydrogens is 247 g/mol. The van der Waals surface area contributed by atoms with E-state index >= 15 is 0 Å². The molecule has 0 amide bonds. The second-order valence-electron chi connectivity index (χ2n) is 3.71. The number of hydrogen-bond acceptors (Lipinski definition) is 6. The van der Waals surface area contributed by atoms with Crippen LogP contribution in [0.4, 0.5) is 0 Å². The van der Waals surface area contributed by atoms with Crippen LogP contribution < -0.4 is 9.31 Å². The van der Waals surface area contributed by atoms with Crippen molar-refractivity contribution in [1.82, 2.24) is 9.97 Å². The van der Waals surface area contributed by atoms with E-state index in [2.05, 4.69) is 9.97 Å². The van der Waals surface area contributed by atoms with E-state index < -0.39 is 0 Å². The minimum Gasteiger partial charge on any atom is -0.525 e. The molecule has 6 nitrogen and oxygen atoms in total. The Morgan fingerprint density at radius 3 is 1.74 bits per heavy atom. The van der Waals surface area contributed by atoms with Crippen molar-refractivity contribution in [2.75, 3.05) is 0 Å². The average molecular weight is 259 g/mol. The molecule has 0 aliphatic carbocycles. The van der Waals surface area contributed by atoms with Crippen LogP contribution in [-0.2, 0) is 13.2 Å². The van der Waals surface area contributed by atoms with Gasteiger partial charge < -0.3 is 19.5 Å². The van der Waals surface area contributed by atoms with Crippen molar-refractivity contribution >= 4 is 7.69 Å². The monoisotopic (exact) mass is 259 g/mol. The third kappa shape index (κ3) is 3.94. The number of hydrogen-bond donors (Lipinski definition) is 2. The Bertz CT molecular complexity index is 491. The van der Waals surface area contributed by atoms with Gasteiger partial charge in [0.2, 0.25) is 0 Å². The average Bonchev–Trinajstić information content (AvgIpc) is 2.48. The molecule has 2 N–H and O–H groups in total. The Labute approximate surface area is 111 Å². The summed E-state index contributed by atoms with van der Waals surface area (Å²) < 4.78 is 10.4. The zero-order valence-corrected chi connectivity index (χ0v) is 10.1. The highest BCUT2D eigenvalue weighted by Gasteiger charge is 2.04. The van der Waals surface area contributed by atoms with Crippen molar-refractivity contribution < 1.29 is 19.5 Å². The van der Waals surface area contributed by atoms with Crippen molar-refractivity contribution in [3.05, 3.63) is 48.0 Å². The molecule has 0 atom stereocenters. The van der Waals surface area contributed by atoms with Gasteiger partial charge in [0.05, 0.1) is 25.6 Å². The first-order chi connectivity index (χ1) is 9.31. The fourth-order valence-electron chi connectivity index (χ4n) is 1.36. The molecule has 0 aliphatic heterocycles. The minimum atomic E-state index is -0.104. The van der Waals surface area contributed by atoms with E-state index in [-0.39, 0.29) is 13.2 Å². The van der Waals surface area contributed by atoms with Crippen molar-refractivity contribution in [2.45, 2.75) is 13.2 Å². The molecule has 0 aromatic carbocycles. The van der Waals surface area contributed by atoms with E-state index in [0.717, 1.165) is 7.69 Å². The third-order valence-corrected chi connectivity index (χ3v) is 2.27. The van der Waals surface area contributed by atoms with Crippen LogP contribution in [0.3, 0.4) is 0 Å². The third-order valence-electron chi connectivity index (χ3n) is 2.27. The summed E-state index contributed by atoms with van der Waals surface area (Å²) in [6.07, 6.45) is 6.09. The molecule has 1 radical (unpaired) electrons. The lowest BCUT2D eigenvalue weighted by atomic mass is 10.2. The summed E-state index contributed by atoms with van der Waals surface area (Å²) in [6, 6.07) is 3.30. The van der Waals surface area contributed by atoms with Gasteiger partial charge in [-0.15, -0.1) is 0 Å². The number of aliphatic hydroxyl groups is 2. The highest BCUT2D eigenvalue weighted by Crippen LogP contribution is 2.13. The highest BCUT2D eigenvalue weighted by molar-refractivity contribution is 6.20. The quantitative estimate of drug-likeness (QED) is 0.733. The van der Waals surface area contributed by atoms with Gasteiger partial charge in [-0.1, -0.05) is 0 Å². The first kappa shape index (κ1) is 13.3. The summed E-state index contributed by atoms with van der Waals surface area (Å²) in [6.45, 7) is -0.207. The Morgan fingerprint density at radius 2 is 1.32 bits per heavy atom. The lowest BCUT2D eigenvalue weighted by Crippen LogP contribution is -2.11. The second kappa shape index (κ2) is 6.72. The standard InChI is InChI=1S/C12H12BN2O4/c16-7-9-1-11(5-14-3-9)18-13-19-12-2-10(8-17)4-15-6-12/h1-6,16-17H,7-8H2. The largest absolute Gasteiger partial charge is 0.658 e.